The van der Waals surface area contributed by atoms with Crippen molar-refractivity contribution in [2.24, 2.45) is 0 Å². The topological polar surface area (TPSA) is 47.3 Å². The second-order valence-electron chi connectivity index (χ2n) is 7.44. The molecule has 0 aliphatic heterocycles. The van der Waals surface area contributed by atoms with Crippen LogP contribution in [0.1, 0.15) is 32.3 Å². The van der Waals surface area contributed by atoms with Gasteiger partial charge >= 0.3 is 0 Å². The lowest BCUT2D eigenvalue weighted by Crippen LogP contribution is -2.27. The van der Waals surface area contributed by atoms with Crippen LogP contribution in [0, 0.1) is 6.92 Å². The Morgan fingerprint density at radius 1 is 0.963 bits per heavy atom. The van der Waals surface area contributed by atoms with E-state index in [-0.39, 0.29) is 0 Å². The van der Waals surface area contributed by atoms with Crippen LogP contribution < -0.4 is 0 Å². The minimum absolute atomic E-state index is 0.440. The first-order valence-corrected chi connectivity index (χ1v) is 9.41. The molecule has 0 atom stereocenters. The number of hydrogen-bond donors (Lipinski definition) is 1. The van der Waals surface area contributed by atoms with Gasteiger partial charge in [0.05, 0.1) is 23.5 Å². The Morgan fingerprint density at radius 2 is 1.56 bits per heavy atom. The van der Waals surface area contributed by atoms with E-state index in [0.29, 0.717) is 19.8 Å². The quantitative estimate of drug-likeness (QED) is 0.653. The van der Waals surface area contributed by atoms with Gasteiger partial charge in [0.2, 0.25) is 0 Å². The largest absolute Gasteiger partial charge is 0.389 e. The smallest absolute Gasteiger partial charge is 0.135 e. The summed E-state index contributed by atoms with van der Waals surface area (Å²) in [5, 5.41) is 10.4. The van der Waals surface area contributed by atoms with Crippen molar-refractivity contribution in [1.82, 2.24) is 9.55 Å². The molecule has 0 saturated carbocycles. The third-order valence-corrected chi connectivity index (χ3v) is 4.47. The standard InChI is InChI=1S/C23H28N2O2/c1-5-27-15-21-24-17(2)22(25(21)16-23(3,4)26)20-13-11-19(12-14-20)18-9-7-6-8-10-18/h6-14,26H,5,15-16H2,1-4H3. The van der Waals surface area contributed by atoms with Crippen LogP contribution in [0.15, 0.2) is 54.6 Å². The maximum Gasteiger partial charge on any atom is 0.135 e. The summed E-state index contributed by atoms with van der Waals surface area (Å²) in [6, 6.07) is 18.8. The van der Waals surface area contributed by atoms with Crippen molar-refractivity contribution in [3.8, 4) is 22.4 Å². The summed E-state index contributed by atoms with van der Waals surface area (Å²) in [6.45, 7) is 9.15. The fourth-order valence-corrected chi connectivity index (χ4v) is 3.31. The Kier molecular flexibility index (Phi) is 5.78. The minimum Gasteiger partial charge on any atom is -0.389 e. The van der Waals surface area contributed by atoms with Crippen molar-refractivity contribution < 1.29 is 9.84 Å². The van der Waals surface area contributed by atoms with Gasteiger partial charge in [-0.3, -0.25) is 0 Å². The Labute approximate surface area is 161 Å². The fourth-order valence-electron chi connectivity index (χ4n) is 3.31. The highest BCUT2D eigenvalue weighted by Crippen LogP contribution is 2.29. The number of aliphatic hydroxyl groups is 1. The first-order valence-electron chi connectivity index (χ1n) is 9.41. The molecule has 1 N–H and O–H groups in total. The minimum atomic E-state index is -0.840. The summed E-state index contributed by atoms with van der Waals surface area (Å²) in [4.78, 5) is 4.72. The average molecular weight is 364 g/mol. The molecular weight excluding hydrogens is 336 g/mol. The van der Waals surface area contributed by atoms with Crippen molar-refractivity contribution in [2.75, 3.05) is 6.61 Å². The predicted molar refractivity (Wildman–Crippen MR) is 109 cm³/mol. The highest BCUT2D eigenvalue weighted by Gasteiger charge is 2.22. The maximum atomic E-state index is 10.4. The van der Waals surface area contributed by atoms with Gasteiger partial charge in [-0.15, -0.1) is 0 Å². The van der Waals surface area contributed by atoms with E-state index in [0.717, 1.165) is 22.8 Å². The number of imidazole rings is 1. The van der Waals surface area contributed by atoms with Gasteiger partial charge < -0.3 is 14.4 Å². The van der Waals surface area contributed by atoms with Crippen molar-refractivity contribution >= 4 is 0 Å². The van der Waals surface area contributed by atoms with Gasteiger partial charge in [-0.1, -0.05) is 54.6 Å². The van der Waals surface area contributed by atoms with E-state index in [9.17, 15) is 5.11 Å². The Bertz CT molecular complexity index is 875. The SMILES string of the molecule is CCOCc1nc(C)c(-c2ccc(-c3ccccc3)cc2)n1CC(C)(C)O. The van der Waals surface area contributed by atoms with Crippen LogP contribution in [0.25, 0.3) is 22.4 Å². The average Bonchev–Trinajstić information content (AvgIpc) is 2.94. The summed E-state index contributed by atoms with van der Waals surface area (Å²) in [7, 11) is 0. The maximum absolute atomic E-state index is 10.4. The second kappa shape index (κ2) is 8.07. The van der Waals surface area contributed by atoms with E-state index in [1.165, 1.54) is 11.1 Å². The molecule has 0 fully saturated rings. The molecule has 0 unspecified atom stereocenters. The normalized spacial score (nSPS) is 11.7. The van der Waals surface area contributed by atoms with Crippen molar-refractivity contribution in [3.63, 3.8) is 0 Å². The van der Waals surface area contributed by atoms with Gasteiger partial charge in [-0.2, -0.15) is 0 Å². The van der Waals surface area contributed by atoms with Gasteiger partial charge in [0, 0.05) is 12.2 Å². The molecule has 0 aliphatic carbocycles. The van der Waals surface area contributed by atoms with E-state index < -0.39 is 5.60 Å². The second-order valence-corrected chi connectivity index (χ2v) is 7.44. The van der Waals surface area contributed by atoms with Gasteiger partial charge in [0.15, 0.2) is 0 Å². The summed E-state index contributed by atoms with van der Waals surface area (Å²) >= 11 is 0. The molecule has 0 saturated heterocycles. The van der Waals surface area contributed by atoms with E-state index in [1.54, 1.807) is 0 Å². The molecule has 0 aliphatic rings. The number of ether oxygens (including phenoxy) is 1. The first kappa shape index (κ1) is 19.3. The van der Waals surface area contributed by atoms with Gasteiger partial charge in [-0.25, -0.2) is 4.98 Å². The predicted octanol–water partition coefficient (Wildman–Crippen LogP) is 4.83. The number of benzene rings is 2. The molecule has 3 rings (SSSR count). The highest BCUT2D eigenvalue weighted by atomic mass is 16.5. The summed E-state index contributed by atoms with van der Waals surface area (Å²) < 4.78 is 7.68. The molecule has 2 aromatic carbocycles. The lowest BCUT2D eigenvalue weighted by atomic mass is 10.0. The highest BCUT2D eigenvalue weighted by molar-refractivity contribution is 5.70. The Morgan fingerprint density at radius 3 is 2.15 bits per heavy atom. The van der Waals surface area contributed by atoms with E-state index >= 15 is 0 Å². The molecule has 0 radical (unpaired) electrons. The molecule has 142 valence electrons. The zero-order valence-electron chi connectivity index (χ0n) is 16.6. The number of nitrogens with zero attached hydrogens (tertiary/aromatic N) is 2. The summed E-state index contributed by atoms with van der Waals surface area (Å²) in [5.74, 6) is 0.846. The van der Waals surface area contributed by atoms with Crippen LogP contribution in [0.2, 0.25) is 0 Å². The van der Waals surface area contributed by atoms with Gasteiger partial charge in [0.1, 0.15) is 12.4 Å². The van der Waals surface area contributed by atoms with Crippen LogP contribution in [0.3, 0.4) is 0 Å². The summed E-state index contributed by atoms with van der Waals surface area (Å²) in [5.41, 5.74) is 4.61. The number of aromatic nitrogens is 2. The molecule has 4 heteroatoms. The van der Waals surface area contributed by atoms with Crippen LogP contribution in [0.5, 0.6) is 0 Å². The van der Waals surface area contributed by atoms with E-state index in [2.05, 4.69) is 41.0 Å². The van der Waals surface area contributed by atoms with Crippen LogP contribution >= 0.6 is 0 Å². The molecule has 27 heavy (non-hydrogen) atoms. The van der Waals surface area contributed by atoms with E-state index in [1.807, 2.05) is 45.9 Å². The third kappa shape index (κ3) is 4.65. The Hall–Kier alpha value is -2.43. The molecule has 4 nitrogen and oxygen atoms in total. The zero-order chi connectivity index (χ0) is 19.4. The zero-order valence-corrected chi connectivity index (χ0v) is 16.6. The number of hydrogen-bond acceptors (Lipinski definition) is 3. The van der Waals surface area contributed by atoms with Crippen molar-refractivity contribution in [3.05, 3.63) is 66.1 Å². The molecule has 1 heterocycles. The van der Waals surface area contributed by atoms with Gasteiger partial charge in [-0.05, 0) is 38.8 Å². The fraction of sp³-hybridized carbons (Fsp3) is 0.348. The molecular formula is C23H28N2O2. The molecule has 0 amide bonds. The van der Waals surface area contributed by atoms with Gasteiger partial charge in [0.25, 0.3) is 0 Å². The van der Waals surface area contributed by atoms with Crippen molar-refractivity contribution in [2.45, 2.75) is 46.4 Å². The van der Waals surface area contributed by atoms with Crippen LogP contribution in [-0.4, -0.2) is 26.9 Å². The number of rotatable bonds is 7. The van der Waals surface area contributed by atoms with Crippen LogP contribution in [-0.2, 0) is 17.9 Å². The first-order chi connectivity index (χ1) is 12.9. The summed E-state index contributed by atoms with van der Waals surface area (Å²) in [6.07, 6.45) is 0. The van der Waals surface area contributed by atoms with Crippen LogP contribution in [0.4, 0.5) is 0 Å². The molecule has 1 aromatic heterocycles. The Balaban J connectivity index is 2.01. The molecule has 3 aromatic rings. The lowest BCUT2D eigenvalue weighted by Gasteiger charge is -2.22. The molecule has 0 bridgehead atoms. The van der Waals surface area contributed by atoms with Crippen molar-refractivity contribution in [1.29, 1.82) is 0 Å². The number of aryl methyl sites for hydroxylation is 1. The van der Waals surface area contributed by atoms with E-state index in [4.69, 9.17) is 9.72 Å². The lowest BCUT2D eigenvalue weighted by molar-refractivity contribution is 0.0574. The monoisotopic (exact) mass is 364 g/mol. The third-order valence-electron chi connectivity index (χ3n) is 4.47. The molecule has 0 spiro atoms.